The molecule has 0 aliphatic heterocycles. The second kappa shape index (κ2) is 5.98. The van der Waals surface area contributed by atoms with Crippen molar-refractivity contribution in [2.45, 2.75) is 13.8 Å². The van der Waals surface area contributed by atoms with Gasteiger partial charge < -0.3 is 5.32 Å². The third-order valence-corrected chi connectivity index (χ3v) is 1.20. The number of rotatable bonds is 3. The van der Waals surface area contributed by atoms with Crippen LogP contribution in [-0.4, -0.2) is 11.8 Å². The first-order valence-electron chi connectivity index (χ1n) is 3.37. The number of carbonyl (C=O) groups excluding carboxylic acids is 1. The fourth-order valence-electron chi connectivity index (χ4n) is 0.585. The molecule has 0 bridgehead atoms. The lowest BCUT2D eigenvalue weighted by molar-refractivity contribution is -0.118. The highest BCUT2D eigenvalue weighted by Gasteiger charge is 1.91. The highest BCUT2D eigenvalue weighted by molar-refractivity contribution is 6.18. The van der Waals surface area contributed by atoms with Crippen molar-refractivity contribution < 1.29 is 4.79 Å². The van der Waals surface area contributed by atoms with E-state index in [0.29, 0.717) is 5.88 Å². The van der Waals surface area contributed by atoms with Crippen molar-refractivity contribution in [3.63, 3.8) is 0 Å². The number of carbonyl (C=O) groups is 1. The van der Waals surface area contributed by atoms with Crippen LogP contribution in [0, 0.1) is 0 Å². The Balaban J connectivity index is 3.98. The first kappa shape index (κ1) is 10.2. The van der Waals surface area contributed by atoms with Gasteiger partial charge in [0, 0.05) is 18.5 Å². The van der Waals surface area contributed by atoms with Crippen molar-refractivity contribution in [1.29, 1.82) is 0 Å². The Hall–Kier alpha value is -0.760. The normalized spacial score (nSPS) is 12.1. The molecule has 0 spiro atoms. The molecule has 0 heterocycles. The van der Waals surface area contributed by atoms with Crippen molar-refractivity contribution in [3.05, 3.63) is 23.9 Å². The predicted octanol–water partition coefficient (Wildman–Crippen LogP) is 1.82. The quantitative estimate of drug-likeness (QED) is 0.512. The van der Waals surface area contributed by atoms with Crippen molar-refractivity contribution in [3.8, 4) is 0 Å². The summed E-state index contributed by atoms with van der Waals surface area (Å²) in [5.74, 6) is 0.383. The summed E-state index contributed by atoms with van der Waals surface area (Å²) in [4.78, 5) is 10.6. The summed E-state index contributed by atoms with van der Waals surface area (Å²) in [6.07, 6.45) is 5.35. The zero-order valence-corrected chi connectivity index (χ0v) is 7.48. The summed E-state index contributed by atoms with van der Waals surface area (Å²) >= 11 is 5.41. The molecule has 3 heteroatoms. The lowest BCUT2D eigenvalue weighted by Gasteiger charge is -1.99. The molecule has 0 fully saturated rings. The summed E-state index contributed by atoms with van der Waals surface area (Å²) in [5.41, 5.74) is 0.776. The maximum absolute atomic E-state index is 10.6. The first-order valence-corrected chi connectivity index (χ1v) is 3.90. The van der Waals surface area contributed by atoms with Crippen LogP contribution < -0.4 is 5.32 Å². The molecular weight excluding hydrogens is 162 g/mol. The number of hydrogen-bond donors (Lipinski definition) is 1. The number of amides is 1. The highest BCUT2D eigenvalue weighted by atomic mass is 35.5. The SMILES string of the molecule is C/C=C(\C=C/CCl)NC(C)=O. The maximum atomic E-state index is 10.6. The maximum Gasteiger partial charge on any atom is 0.221 e. The molecule has 0 aliphatic carbocycles. The molecule has 62 valence electrons. The van der Waals surface area contributed by atoms with Crippen LogP contribution in [0.5, 0.6) is 0 Å². The predicted molar refractivity (Wildman–Crippen MR) is 47.4 cm³/mol. The van der Waals surface area contributed by atoms with E-state index in [0.717, 1.165) is 5.70 Å². The monoisotopic (exact) mass is 173 g/mol. The summed E-state index contributed by atoms with van der Waals surface area (Å²) in [6.45, 7) is 3.32. The molecule has 2 nitrogen and oxygen atoms in total. The summed E-state index contributed by atoms with van der Waals surface area (Å²) in [7, 11) is 0. The van der Waals surface area contributed by atoms with Gasteiger partial charge in [0.1, 0.15) is 0 Å². The van der Waals surface area contributed by atoms with E-state index in [1.807, 2.05) is 13.0 Å². The third kappa shape index (κ3) is 5.67. The minimum Gasteiger partial charge on any atom is -0.327 e. The summed E-state index contributed by atoms with van der Waals surface area (Å²) in [5, 5.41) is 2.64. The number of halogens is 1. The van der Waals surface area contributed by atoms with Crippen LogP contribution in [0.2, 0.25) is 0 Å². The standard InChI is InChI=1S/C8H12ClNO/c1-3-8(5-4-6-9)10-7(2)11/h3-5H,6H2,1-2H3,(H,10,11)/b5-4-,8-3+. The molecule has 11 heavy (non-hydrogen) atoms. The lowest BCUT2D eigenvalue weighted by atomic mass is 10.3. The second-order valence-corrected chi connectivity index (χ2v) is 2.29. The van der Waals surface area contributed by atoms with Crippen molar-refractivity contribution in [2.24, 2.45) is 0 Å². The summed E-state index contributed by atoms with van der Waals surface area (Å²) in [6, 6.07) is 0. The van der Waals surface area contributed by atoms with E-state index in [4.69, 9.17) is 11.6 Å². The van der Waals surface area contributed by atoms with Gasteiger partial charge >= 0.3 is 0 Å². The van der Waals surface area contributed by atoms with Crippen molar-refractivity contribution in [2.75, 3.05) is 5.88 Å². The molecule has 0 saturated heterocycles. The Morgan fingerprint density at radius 3 is 2.64 bits per heavy atom. The van der Waals surface area contributed by atoms with E-state index in [9.17, 15) is 4.79 Å². The van der Waals surface area contributed by atoms with E-state index in [1.165, 1.54) is 6.92 Å². The minimum atomic E-state index is -0.0719. The Labute approximate surface area is 71.9 Å². The third-order valence-electron chi connectivity index (χ3n) is 1.02. The second-order valence-electron chi connectivity index (χ2n) is 1.98. The van der Waals surface area contributed by atoms with Gasteiger partial charge in [0.05, 0.1) is 0 Å². The number of nitrogens with one attached hydrogen (secondary N) is 1. The van der Waals surface area contributed by atoms with E-state index in [1.54, 1.807) is 12.2 Å². The van der Waals surface area contributed by atoms with E-state index < -0.39 is 0 Å². The summed E-state index contributed by atoms with van der Waals surface area (Å²) < 4.78 is 0. The van der Waals surface area contributed by atoms with E-state index in [2.05, 4.69) is 5.32 Å². The van der Waals surface area contributed by atoms with Gasteiger partial charge in [-0.2, -0.15) is 0 Å². The van der Waals surface area contributed by atoms with E-state index in [-0.39, 0.29) is 5.91 Å². The molecule has 1 amide bonds. The average Bonchev–Trinajstić information content (AvgIpc) is 1.97. The lowest BCUT2D eigenvalue weighted by Crippen LogP contribution is -2.17. The van der Waals surface area contributed by atoms with Gasteiger partial charge in [0.15, 0.2) is 0 Å². The smallest absolute Gasteiger partial charge is 0.221 e. The molecule has 0 aromatic carbocycles. The van der Waals surface area contributed by atoms with Gasteiger partial charge in [-0.1, -0.05) is 12.2 Å². The van der Waals surface area contributed by atoms with Crippen LogP contribution in [0.1, 0.15) is 13.8 Å². The Morgan fingerprint density at radius 1 is 1.64 bits per heavy atom. The van der Waals surface area contributed by atoms with Gasteiger partial charge in [-0.25, -0.2) is 0 Å². The molecule has 0 aliphatic rings. The van der Waals surface area contributed by atoms with Crippen LogP contribution in [0.15, 0.2) is 23.9 Å². The Morgan fingerprint density at radius 2 is 2.27 bits per heavy atom. The molecule has 0 radical (unpaired) electrons. The zero-order valence-electron chi connectivity index (χ0n) is 6.73. The van der Waals surface area contributed by atoms with Crippen LogP contribution in [0.4, 0.5) is 0 Å². The number of hydrogen-bond acceptors (Lipinski definition) is 1. The molecule has 1 N–H and O–H groups in total. The van der Waals surface area contributed by atoms with E-state index >= 15 is 0 Å². The average molecular weight is 174 g/mol. The molecule has 0 aromatic rings. The highest BCUT2D eigenvalue weighted by Crippen LogP contribution is 1.91. The molecule has 0 unspecified atom stereocenters. The van der Waals surface area contributed by atoms with Crippen LogP contribution in [0.25, 0.3) is 0 Å². The molecule has 0 aromatic heterocycles. The number of alkyl halides is 1. The zero-order chi connectivity index (χ0) is 8.69. The van der Waals surface area contributed by atoms with Gasteiger partial charge in [-0.15, -0.1) is 11.6 Å². The molecular formula is C8H12ClNO. The molecule has 0 rings (SSSR count). The first-order chi connectivity index (χ1) is 5.20. The molecule has 0 saturated carbocycles. The van der Waals surface area contributed by atoms with Crippen LogP contribution in [-0.2, 0) is 4.79 Å². The number of allylic oxidation sites excluding steroid dienone is 3. The van der Waals surface area contributed by atoms with Crippen LogP contribution >= 0.6 is 11.6 Å². The van der Waals surface area contributed by atoms with Gasteiger partial charge in [0.2, 0.25) is 5.91 Å². The Kier molecular flexibility index (Phi) is 5.57. The van der Waals surface area contributed by atoms with Crippen molar-refractivity contribution in [1.82, 2.24) is 5.32 Å². The Bertz CT molecular complexity index is 185. The van der Waals surface area contributed by atoms with Gasteiger partial charge in [-0.3, -0.25) is 4.79 Å². The largest absolute Gasteiger partial charge is 0.327 e. The fourth-order valence-corrected chi connectivity index (χ4v) is 0.674. The molecule has 0 atom stereocenters. The van der Waals surface area contributed by atoms with Gasteiger partial charge in [0.25, 0.3) is 0 Å². The minimum absolute atomic E-state index is 0.0719. The topological polar surface area (TPSA) is 29.1 Å². The van der Waals surface area contributed by atoms with Crippen molar-refractivity contribution >= 4 is 17.5 Å². The fraction of sp³-hybridized carbons (Fsp3) is 0.375. The van der Waals surface area contributed by atoms with Gasteiger partial charge in [-0.05, 0) is 13.0 Å². The van der Waals surface area contributed by atoms with Crippen LogP contribution in [0.3, 0.4) is 0 Å².